The Morgan fingerprint density at radius 1 is 1.17 bits per heavy atom. The maximum absolute atomic E-state index is 13.5. The van der Waals surface area contributed by atoms with Crippen LogP contribution in [0.25, 0.3) is 0 Å². The van der Waals surface area contributed by atoms with E-state index in [9.17, 15) is 14.7 Å². The molecule has 1 aromatic rings. The van der Waals surface area contributed by atoms with Crippen molar-refractivity contribution < 1.29 is 19.4 Å². The Balaban J connectivity index is 1.73. The number of halogens is 2. The molecule has 3 unspecified atom stereocenters. The van der Waals surface area contributed by atoms with E-state index in [2.05, 4.69) is 22.6 Å². The van der Waals surface area contributed by atoms with E-state index in [1.165, 1.54) is 0 Å². The van der Waals surface area contributed by atoms with Gasteiger partial charge in [-0.2, -0.15) is 0 Å². The molecule has 29 heavy (non-hydrogen) atoms. The molecule has 3 rings (SSSR count). The van der Waals surface area contributed by atoms with Crippen LogP contribution in [0.1, 0.15) is 45.1 Å². The molecule has 8 heteroatoms. The molecule has 2 amide bonds. The van der Waals surface area contributed by atoms with Gasteiger partial charge >= 0.3 is 6.09 Å². The molecule has 2 fully saturated rings. The summed E-state index contributed by atoms with van der Waals surface area (Å²) >= 11 is 8.25. The number of hydrogen-bond acceptors (Lipinski definition) is 4. The van der Waals surface area contributed by atoms with Gasteiger partial charge in [0.1, 0.15) is 5.60 Å². The van der Waals surface area contributed by atoms with Crippen LogP contribution in [0, 0.1) is 0 Å². The molecule has 0 radical (unpaired) electrons. The van der Waals surface area contributed by atoms with E-state index in [1.807, 2.05) is 32.9 Å². The van der Waals surface area contributed by atoms with Crippen LogP contribution in [0.3, 0.4) is 0 Å². The molecule has 1 aliphatic carbocycles. The van der Waals surface area contributed by atoms with E-state index in [0.717, 1.165) is 12.0 Å². The number of piperazine rings is 1. The summed E-state index contributed by atoms with van der Waals surface area (Å²) in [5, 5.41) is 11.9. The van der Waals surface area contributed by atoms with Gasteiger partial charge in [-0.25, -0.2) is 4.79 Å². The maximum atomic E-state index is 13.5. The summed E-state index contributed by atoms with van der Waals surface area (Å²) in [4.78, 5) is 29.1. The third-order valence-corrected chi connectivity index (χ3v) is 7.49. The second-order valence-electron chi connectivity index (χ2n) is 8.77. The van der Waals surface area contributed by atoms with Crippen LogP contribution in [-0.2, 0) is 9.53 Å². The first-order valence-corrected chi connectivity index (χ1v) is 11.5. The molecule has 160 valence electrons. The molecule has 6 nitrogen and oxygen atoms in total. The van der Waals surface area contributed by atoms with Gasteiger partial charge in [-0.15, -0.1) is 0 Å². The van der Waals surface area contributed by atoms with E-state index >= 15 is 0 Å². The summed E-state index contributed by atoms with van der Waals surface area (Å²) < 4.78 is 5.45. The Labute approximate surface area is 190 Å². The molecule has 1 N–H and O–H groups in total. The quantitative estimate of drug-likeness (QED) is 0.473. The summed E-state index contributed by atoms with van der Waals surface area (Å²) in [6.45, 7) is 7.18. The molecule has 0 aromatic heterocycles. The fourth-order valence-corrected chi connectivity index (χ4v) is 4.90. The molecule has 0 bridgehead atoms. The van der Waals surface area contributed by atoms with Crippen molar-refractivity contribution in [3.8, 4) is 0 Å². The average Bonchev–Trinajstić information content (AvgIpc) is 2.67. The zero-order chi connectivity index (χ0) is 21.4. The topological polar surface area (TPSA) is 70.1 Å². The van der Waals surface area contributed by atoms with Gasteiger partial charge < -0.3 is 19.6 Å². The van der Waals surface area contributed by atoms with Crippen molar-refractivity contribution in [1.29, 1.82) is 0 Å². The third-order valence-electron chi connectivity index (χ3n) is 5.53. The average molecular weight is 535 g/mol. The molecule has 1 saturated heterocycles. The molecule has 1 aromatic carbocycles. The van der Waals surface area contributed by atoms with Crippen molar-refractivity contribution in [2.24, 2.45) is 0 Å². The smallest absolute Gasteiger partial charge is 0.410 e. The summed E-state index contributed by atoms with van der Waals surface area (Å²) in [5.74, 6) is -0.733. The highest BCUT2D eigenvalue weighted by atomic mass is 127. The van der Waals surface area contributed by atoms with Gasteiger partial charge in [0.2, 0.25) is 5.91 Å². The molecule has 1 aliphatic heterocycles. The van der Waals surface area contributed by atoms with E-state index in [-0.39, 0.29) is 15.9 Å². The van der Waals surface area contributed by atoms with E-state index in [4.69, 9.17) is 16.3 Å². The van der Waals surface area contributed by atoms with Gasteiger partial charge in [0.15, 0.2) is 0 Å². The number of ether oxygens (including phenoxy) is 1. The van der Waals surface area contributed by atoms with Crippen LogP contribution in [0.15, 0.2) is 24.3 Å². The normalized spacial score (nSPS) is 25.9. The lowest BCUT2D eigenvalue weighted by molar-refractivity contribution is -0.145. The lowest BCUT2D eigenvalue weighted by atomic mass is 9.68. The van der Waals surface area contributed by atoms with Crippen LogP contribution in [0.4, 0.5) is 4.79 Å². The Kier molecular flexibility index (Phi) is 6.70. The van der Waals surface area contributed by atoms with E-state index in [1.54, 1.807) is 21.9 Å². The van der Waals surface area contributed by atoms with Crippen LogP contribution < -0.4 is 0 Å². The first-order chi connectivity index (χ1) is 13.5. The van der Waals surface area contributed by atoms with Crippen molar-refractivity contribution in [3.63, 3.8) is 0 Å². The summed E-state index contributed by atoms with van der Waals surface area (Å²) in [6, 6.07) is 7.15. The number of nitrogens with zero attached hydrogens (tertiary/aromatic N) is 2. The van der Waals surface area contributed by atoms with Crippen molar-refractivity contribution in [3.05, 3.63) is 34.9 Å². The number of rotatable bonds is 3. The SMILES string of the molecule is CC(C)(C)OC(=O)N1CCN(C(=O)C(c2ccc(Cl)cc2)C2(O)CCC2I)CC1. The van der Waals surface area contributed by atoms with Crippen molar-refractivity contribution in [2.45, 2.75) is 54.7 Å². The lowest BCUT2D eigenvalue weighted by Gasteiger charge is -2.49. The zero-order valence-electron chi connectivity index (χ0n) is 17.0. The van der Waals surface area contributed by atoms with Crippen LogP contribution in [-0.4, -0.2) is 68.2 Å². The first-order valence-electron chi connectivity index (χ1n) is 9.90. The highest BCUT2D eigenvalue weighted by Crippen LogP contribution is 2.48. The van der Waals surface area contributed by atoms with Crippen molar-refractivity contribution in [2.75, 3.05) is 26.2 Å². The predicted molar refractivity (Wildman–Crippen MR) is 121 cm³/mol. The number of amides is 2. The second-order valence-corrected chi connectivity index (χ2v) is 10.7. The molecule has 3 atom stereocenters. The first kappa shape index (κ1) is 22.6. The second kappa shape index (κ2) is 8.59. The van der Waals surface area contributed by atoms with Gasteiger partial charge in [-0.05, 0) is 51.3 Å². The van der Waals surface area contributed by atoms with E-state index < -0.39 is 17.1 Å². The fraction of sp³-hybridized carbons (Fsp3) is 0.619. The van der Waals surface area contributed by atoms with Crippen LogP contribution in [0.5, 0.6) is 0 Å². The molecular weight excluding hydrogens is 507 g/mol. The highest BCUT2D eigenvalue weighted by molar-refractivity contribution is 14.1. The Hall–Kier alpha value is -1.06. The molecule has 1 saturated carbocycles. The summed E-state index contributed by atoms with van der Waals surface area (Å²) in [5.41, 5.74) is -0.835. The Morgan fingerprint density at radius 2 is 1.72 bits per heavy atom. The number of benzene rings is 1. The largest absolute Gasteiger partial charge is 0.444 e. The number of hydrogen-bond donors (Lipinski definition) is 1. The van der Waals surface area contributed by atoms with Gasteiger partial charge in [-0.3, -0.25) is 4.79 Å². The maximum Gasteiger partial charge on any atom is 0.410 e. The van der Waals surface area contributed by atoms with Crippen LogP contribution in [0.2, 0.25) is 5.02 Å². The zero-order valence-corrected chi connectivity index (χ0v) is 19.9. The molecular formula is C21H28ClIN2O4. The van der Waals surface area contributed by atoms with E-state index in [0.29, 0.717) is 37.6 Å². The fourth-order valence-electron chi connectivity index (χ4n) is 3.79. The van der Waals surface area contributed by atoms with Crippen molar-refractivity contribution >= 4 is 46.2 Å². The standard InChI is InChI=1S/C21H28ClIN2O4/c1-20(2,3)29-19(27)25-12-10-24(11-13-25)18(26)17(21(28)9-8-16(21)23)14-4-6-15(22)7-5-14/h4-7,16-17,28H,8-13H2,1-3H3. The molecule has 1 heterocycles. The number of alkyl halides is 1. The van der Waals surface area contributed by atoms with Gasteiger partial charge in [0.25, 0.3) is 0 Å². The summed E-state index contributed by atoms with van der Waals surface area (Å²) in [6.07, 6.45) is 1.13. The van der Waals surface area contributed by atoms with Crippen molar-refractivity contribution in [1.82, 2.24) is 9.80 Å². The predicted octanol–water partition coefficient (Wildman–Crippen LogP) is 3.83. The van der Waals surface area contributed by atoms with Gasteiger partial charge in [0, 0.05) is 35.1 Å². The summed E-state index contributed by atoms with van der Waals surface area (Å²) in [7, 11) is 0. The number of carbonyl (C=O) groups excluding carboxylic acids is 2. The van der Waals surface area contributed by atoms with Gasteiger partial charge in [0.05, 0.1) is 11.5 Å². The molecule has 0 spiro atoms. The monoisotopic (exact) mass is 534 g/mol. The molecule has 2 aliphatic rings. The highest BCUT2D eigenvalue weighted by Gasteiger charge is 2.54. The minimum absolute atomic E-state index is 0.0211. The van der Waals surface area contributed by atoms with Gasteiger partial charge in [-0.1, -0.05) is 46.3 Å². The lowest BCUT2D eigenvalue weighted by Crippen LogP contribution is -2.59. The number of carbonyl (C=O) groups is 2. The van der Waals surface area contributed by atoms with Crippen LogP contribution >= 0.6 is 34.2 Å². The minimum Gasteiger partial charge on any atom is -0.444 e. The number of aliphatic hydroxyl groups is 1. The minimum atomic E-state index is -1.06. The Morgan fingerprint density at radius 3 is 2.17 bits per heavy atom. The Bertz CT molecular complexity index is 759. The third kappa shape index (κ3) is 4.99.